The van der Waals surface area contributed by atoms with Gasteiger partial charge in [0.05, 0.1) is 5.69 Å². The molecule has 1 heterocycles. The van der Waals surface area contributed by atoms with Gasteiger partial charge in [-0.05, 0) is 24.5 Å². The summed E-state index contributed by atoms with van der Waals surface area (Å²) in [7, 11) is 0. The lowest BCUT2D eigenvalue weighted by Crippen LogP contribution is -2.22. The van der Waals surface area contributed by atoms with Crippen LogP contribution in [0.25, 0.3) is 0 Å². The van der Waals surface area contributed by atoms with E-state index in [9.17, 15) is 13.2 Å². The number of alkyl halides is 3. The van der Waals surface area contributed by atoms with Crippen LogP contribution in [-0.4, -0.2) is 23.8 Å². The summed E-state index contributed by atoms with van der Waals surface area (Å²) in [5.74, 6) is 0.0346. The zero-order valence-corrected chi connectivity index (χ0v) is 12.5. The fourth-order valence-electron chi connectivity index (χ4n) is 1.82. The van der Waals surface area contributed by atoms with Crippen LogP contribution in [0.15, 0.2) is 12.1 Å². The van der Waals surface area contributed by atoms with E-state index in [2.05, 4.69) is 10.3 Å². The zero-order chi connectivity index (χ0) is 15.7. The maximum Gasteiger partial charge on any atom is 0.422 e. The van der Waals surface area contributed by atoms with Crippen LogP contribution in [0.4, 0.5) is 13.2 Å². The predicted molar refractivity (Wildman–Crippen MR) is 74.3 cm³/mol. The van der Waals surface area contributed by atoms with E-state index in [0.717, 1.165) is 24.1 Å². The molecule has 0 amide bonds. The molecule has 0 bridgehead atoms. The molecule has 0 atom stereocenters. The van der Waals surface area contributed by atoms with Gasteiger partial charge in [0.1, 0.15) is 0 Å². The largest absolute Gasteiger partial charge is 0.468 e. The summed E-state index contributed by atoms with van der Waals surface area (Å²) < 4.78 is 41.6. The van der Waals surface area contributed by atoms with Crippen LogP contribution >= 0.6 is 0 Å². The number of aromatic nitrogens is 1. The Hall–Kier alpha value is -1.30. The van der Waals surface area contributed by atoms with Gasteiger partial charge in [0, 0.05) is 24.1 Å². The Morgan fingerprint density at radius 1 is 1.24 bits per heavy atom. The van der Waals surface area contributed by atoms with Crippen molar-refractivity contribution in [2.24, 2.45) is 0 Å². The van der Waals surface area contributed by atoms with E-state index in [-0.39, 0.29) is 11.3 Å². The Kier molecular flexibility index (Phi) is 4.46. The van der Waals surface area contributed by atoms with Crippen molar-refractivity contribution in [3.63, 3.8) is 0 Å². The van der Waals surface area contributed by atoms with Crippen molar-refractivity contribution >= 4 is 0 Å². The molecule has 0 radical (unpaired) electrons. The van der Waals surface area contributed by atoms with Gasteiger partial charge in [0.15, 0.2) is 6.61 Å². The summed E-state index contributed by atoms with van der Waals surface area (Å²) in [4.78, 5) is 4.20. The Balaban J connectivity index is 2.14. The van der Waals surface area contributed by atoms with Crippen LogP contribution in [-0.2, 0) is 12.0 Å². The first-order valence-electron chi connectivity index (χ1n) is 7.08. The molecule has 0 aliphatic heterocycles. The average molecular weight is 302 g/mol. The van der Waals surface area contributed by atoms with Crippen molar-refractivity contribution in [1.29, 1.82) is 0 Å². The molecular formula is C15H21F3N2O. The minimum Gasteiger partial charge on any atom is -0.468 e. The lowest BCUT2D eigenvalue weighted by atomic mass is 9.91. The number of halogens is 3. The summed E-state index contributed by atoms with van der Waals surface area (Å²) in [6.07, 6.45) is -2.03. The number of nitrogens with one attached hydrogen (secondary N) is 1. The van der Waals surface area contributed by atoms with Crippen LogP contribution < -0.4 is 10.1 Å². The summed E-state index contributed by atoms with van der Waals surface area (Å²) in [6.45, 7) is 5.23. The highest BCUT2D eigenvalue weighted by Crippen LogP contribution is 2.26. The third-order valence-corrected chi connectivity index (χ3v) is 3.19. The molecule has 1 N–H and O–H groups in total. The van der Waals surface area contributed by atoms with Gasteiger partial charge in [-0.25, -0.2) is 4.98 Å². The molecule has 21 heavy (non-hydrogen) atoms. The highest BCUT2D eigenvalue weighted by atomic mass is 19.4. The molecule has 1 aromatic rings. The van der Waals surface area contributed by atoms with Gasteiger partial charge in [0.25, 0.3) is 0 Å². The van der Waals surface area contributed by atoms with E-state index in [0.29, 0.717) is 12.6 Å². The van der Waals surface area contributed by atoms with E-state index >= 15 is 0 Å². The van der Waals surface area contributed by atoms with Crippen LogP contribution in [0.5, 0.6) is 5.88 Å². The third kappa shape index (κ3) is 5.53. The maximum absolute atomic E-state index is 12.3. The van der Waals surface area contributed by atoms with Gasteiger partial charge in [0.2, 0.25) is 5.88 Å². The molecule has 2 rings (SSSR count). The summed E-state index contributed by atoms with van der Waals surface area (Å²) >= 11 is 0. The quantitative estimate of drug-likeness (QED) is 0.903. The van der Waals surface area contributed by atoms with Crippen molar-refractivity contribution < 1.29 is 17.9 Å². The smallest absolute Gasteiger partial charge is 0.422 e. The number of nitrogens with zero attached hydrogens (tertiary/aromatic N) is 1. The van der Waals surface area contributed by atoms with E-state index in [1.165, 1.54) is 0 Å². The van der Waals surface area contributed by atoms with E-state index in [4.69, 9.17) is 4.74 Å². The fourth-order valence-corrected chi connectivity index (χ4v) is 1.82. The predicted octanol–water partition coefficient (Wildman–Crippen LogP) is 3.57. The lowest BCUT2D eigenvalue weighted by molar-refractivity contribution is -0.154. The molecule has 1 aromatic heterocycles. The lowest BCUT2D eigenvalue weighted by Gasteiger charge is -2.20. The first kappa shape index (κ1) is 16.1. The first-order valence-corrected chi connectivity index (χ1v) is 7.08. The standard InChI is InChI=1S/C15H21F3N2O/c1-14(2,3)12-6-10(8-19-11-4-5-11)7-13(20-12)21-9-15(16,17)18/h6-7,11,19H,4-5,8-9H2,1-3H3. The van der Waals surface area contributed by atoms with Gasteiger partial charge in [-0.3, -0.25) is 0 Å². The van der Waals surface area contributed by atoms with Gasteiger partial charge >= 0.3 is 6.18 Å². The number of ether oxygens (including phenoxy) is 1. The maximum atomic E-state index is 12.3. The second-order valence-electron chi connectivity index (χ2n) is 6.51. The average Bonchev–Trinajstić information content (AvgIpc) is 3.16. The second-order valence-corrected chi connectivity index (χ2v) is 6.51. The van der Waals surface area contributed by atoms with Crippen LogP contribution in [0.2, 0.25) is 0 Å². The molecule has 1 aliphatic carbocycles. The molecule has 0 unspecified atom stereocenters. The highest BCUT2D eigenvalue weighted by Gasteiger charge is 2.29. The Morgan fingerprint density at radius 2 is 1.90 bits per heavy atom. The Bertz CT molecular complexity index is 491. The number of rotatable bonds is 5. The Morgan fingerprint density at radius 3 is 2.43 bits per heavy atom. The number of pyridine rings is 1. The molecule has 3 nitrogen and oxygen atoms in total. The van der Waals surface area contributed by atoms with E-state index in [1.807, 2.05) is 26.8 Å². The van der Waals surface area contributed by atoms with E-state index < -0.39 is 12.8 Å². The molecule has 0 aromatic carbocycles. The molecule has 6 heteroatoms. The van der Waals surface area contributed by atoms with Crippen molar-refractivity contribution in [2.45, 2.75) is 57.8 Å². The minimum absolute atomic E-state index is 0.0346. The van der Waals surface area contributed by atoms with Gasteiger partial charge in [-0.2, -0.15) is 13.2 Å². The monoisotopic (exact) mass is 302 g/mol. The first-order chi connectivity index (χ1) is 9.63. The minimum atomic E-state index is -4.36. The Labute approximate surface area is 122 Å². The van der Waals surface area contributed by atoms with Gasteiger partial charge in [-0.15, -0.1) is 0 Å². The molecule has 0 spiro atoms. The normalized spacial score (nSPS) is 16.1. The van der Waals surface area contributed by atoms with E-state index in [1.54, 1.807) is 6.07 Å². The summed E-state index contributed by atoms with van der Waals surface area (Å²) in [6, 6.07) is 4.04. The fraction of sp³-hybridized carbons (Fsp3) is 0.667. The molecule has 1 aliphatic rings. The second kappa shape index (κ2) is 5.83. The van der Waals surface area contributed by atoms with Gasteiger partial charge < -0.3 is 10.1 Å². The summed E-state index contributed by atoms with van der Waals surface area (Å²) in [5.41, 5.74) is 1.39. The van der Waals surface area contributed by atoms with Crippen molar-refractivity contribution in [3.8, 4) is 5.88 Å². The summed E-state index contributed by atoms with van der Waals surface area (Å²) in [5, 5.41) is 3.35. The van der Waals surface area contributed by atoms with Gasteiger partial charge in [-0.1, -0.05) is 20.8 Å². The van der Waals surface area contributed by atoms with Crippen LogP contribution in [0, 0.1) is 0 Å². The van der Waals surface area contributed by atoms with Crippen molar-refractivity contribution in [1.82, 2.24) is 10.3 Å². The molecule has 118 valence electrons. The molecule has 0 saturated heterocycles. The topological polar surface area (TPSA) is 34.1 Å². The zero-order valence-electron chi connectivity index (χ0n) is 12.5. The number of hydrogen-bond acceptors (Lipinski definition) is 3. The SMILES string of the molecule is CC(C)(C)c1cc(CNC2CC2)cc(OCC(F)(F)F)n1. The molecule has 1 fully saturated rings. The number of hydrogen-bond donors (Lipinski definition) is 1. The van der Waals surface area contributed by atoms with Crippen molar-refractivity contribution in [2.75, 3.05) is 6.61 Å². The molecular weight excluding hydrogens is 281 g/mol. The van der Waals surface area contributed by atoms with Crippen LogP contribution in [0.1, 0.15) is 44.9 Å². The highest BCUT2D eigenvalue weighted by molar-refractivity contribution is 5.28. The molecule has 1 saturated carbocycles. The third-order valence-electron chi connectivity index (χ3n) is 3.19. The van der Waals surface area contributed by atoms with Crippen LogP contribution in [0.3, 0.4) is 0 Å². The van der Waals surface area contributed by atoms with Crippen molar-refractivity contribution in [3.05, 3.63) is 23.4 Å².